The lowest BCUT2D eigenvalue weighted by Gasteiger charge is -2.16. The van der Waals surface area contributed by atoms with Crippen molar-refractivity contribution in [2.75, 3.05) is 30.2 Å². The van der Waals surface area contributed by atoms with Crippen molar-refractivity contribution in [3.8, 4) is 17.6 Å². The molecule has 0 fully saturated rings. The van der Waals surface area contributed by atoms with Crippen LogP contribution in [-0.4, -0.2) is 35.4 Å². The zero-order valence-corrected chi connectivity index (χ0v) is 14.9. The Balaban J connectivity index is 2.88. The topological polar surface area (TPSA) is 72.7 Å². The van der Waals surface area contributed by atoms with Gasteiger partial charge in [0.2, 0.25) is 0 Å². The highest BCUT2D eigenvalue weighted by Crippen LogP contribution is 2.32. The number of amides is 1. The number of hydrogen-bond donors (Lipinski definition) is 0. The van der Waals surface area contributed by atoms with E-state index in [1.807, 2.05) is 0 Å². The number of nitro benzene ring substituents is 1. The second kappa shape index (κ2) is 10.6. The molecule has 0 radical (unpaired) electrons. The fourth-order valence-corrected chi connectivity index (χ4v) is 2.42. The molecule has 0 unspecified atom stereocenters. The second-order valence-corrected chi connectivity index (χ2v) is 5.67. The number of ether oxygens (including phenoxy) is 1. The lowest BCUT2D eigenvalue weighted by molar-refractivity contribution is -0.385. The number of allylic oxidation sites excluding steroid dienone is 1. The van der Waals surface area contributed by atoms with Gasteiger partial charge in [0.05, 0.1) is 10.6 Å². The molecule has 6 nitrogen and oxygen atoms in total. The largest absolute Gasteiger partial charge is 0.474 e. The first-order chi connectivity index (χ1) is 11.5. The number of benzene rings is 1. The van der Waals surface area contributed by atoms with E-state index in [9.17, 15) is 14.9 Å². The van der Waals surface area contributed by atoms with Crippen molar-refractivity contribution in [1.29, 1.82) is 0 Å². The van der Waals surface area contributed by atoms with E-state index in [0.717, 1.165) is 11.8 Å². The average Bonchev–Trinajstić information content (AvgIpc) is 2.58. The van der Waals surface area contributed by atoms with Crippen molar-refractivity contribution in [1.82, 2.24) is 0 Å². The summed E-state index contributed by atoms with van der Waals surface area (Å²) in [5, 5.41) is 11.0. The molecule has 0 saturated heterocycles. The highest BCUT2D eigenvalue weighted by atomic mass is 35.5. The zero-order chi connectivity index (χ0) is 17.9. The predicted molar refractivity (Wildman–Crippen MR) is 98.2 cm³/mol. The van der Waals surface area contributed by atoms with Crippen LogP contribution in [0.1, 0.15) is 6.92 Å². The molecule has 8 heteroatoms. The van der Waals surface area contributed by atoms with Crippen LogP contribution >= 0.6 is 23.4 Å². The molecule has 1 amide bonds. The Bertz CT molecular complexity index is 682. The van der Waals surface area contributed by atoms with Crippen molar-refractivity contribution in [2.24, 2.45) is 0 Å². The third kappa shape index (κ3) is 6.14. The summed E-state index contributed by atoms with van der Waals surface area (Å²) < 4.78 is 5.28. The van der Waals surface area contributed by atoms with Crippen LogP contribution in [-0.2, 0) is 0 Å². The molecule has 0 aliphatic rings. The van der Waals surface area contributed by atoms with Gasteiger partial charge in [0.1, 0.15) is 6.61 Å². The summed E-state index contributed by atoms with van der Waals surface area (Å²) in [6.07, 6.45) is 3.54. The molecular formula is C16H17ClN2O4S. The molecule has 0 heterocycles. The van der Waals surface area contributed by atoms with E-state index in [4.69, 9.17) is 16.3 Å². The minimum atomic E-state index is -0.549. The summed E-state index contributed by atoms with van der Waals surface area (Å²) in [7, 11) is 1.56. The molecule has 0 atom stereocenters. The van der Waals surface area contributed by atoms with Gasteiger partial charge >= 0.3 is 5.69 Å². The molecular weight excluding hydrogens is 352 g/mol. The summed E-state index contributed by atoms with van der Waals surface area (Å²) in [4.78, 5) is 24.1. The van der Waals surface area contributed by atoms with Crippen molar-refractivity contribution < 1.29 is 14.5 Å². The lowest BCUT2D eigenvalue weighted by atomic mass is 10.2. The molecule has 1 aromatic carbocycles. The molecule has 0 N–H and O–H groups in total. The molecule has 0 aromatic heterocycles. The number of thioether (sulfide) groups is 1. The van der Waals surface area contributed by atoms with Gasteiger partial charge in [0, 0.05) is 24.7 Å². The molecule has 24 heavy (non-hydrogen) atoms. The number of nitro groups is 1. The maximum atomic E-state index is 12.1. The second-order valence-electron chi connectivity index (χ2n) is 4.39. The van der Waals surface area contributed by atoms with Crippen LogP contribution in [0.15, 0.2) is 30.4 Å². The van der Waals surface area contributed by atoms with E-state index >= 15 is 0 Å². The molecule has 1 aromatic rings. The van der Waals surface area contributed by atoms with Crippen LogP contribution in [0, 0.1) is 22.0 Å². The van der Waals surface area contributed by atoms with Crippen LogP contribution < -0.4 is 9.64 Å². The highest BCUT2D eigenvalue weighted by molar-refractivity contribution is 8.14. The number of rotatable bonds is 7. The summed E-state index contributed by atoms with van der Waals surface area (Å²) in [5.74, 6) is 6.31. The maximum absolute atomic E-state index is 12.1. The smallest absolute Gasteiger partial charge is 0.313 e. The fourth-order valence-electron chi connectivity index (χ4n) is 1.62. The van der Waals surface area contributed by atoms with Crippen molar-refractivity contribution in [3.63, 3.8) is 0 Å². The number of nitrogens with zero attached hydrogens (tertiary/aromatic N) is 2. The van der Waals surface area contributed by atoms with E-state index < -0.39 is 4.92 Å². The summed E-state index contributed by atoms with van der Waals surface area (Å²) in [6.45, 7) is 1.72. The fraction of sp³-hybridized carbons (Fsp3) is 0.312. The molecule has 0 bridgehead atoms. The van der Waals surface area contributed by atoms with Gasteiger partial charge in [-0.1, -0.05) is 29.8 Å². The Hall–Kier alpha value is -2.17. The van der Waals surface area contributed by atoms with Gasteiger partial charge in [-0.25, -0.2) is 0 Å². The minimum Gasteiger partial charge on any atom is -0.474 e. The Labute approximate surface area is 150 Å². The molecule has 1 rings (SSSR count). The quantitative estimate of drug-likeness (QED) is 0.238. The van der Waals surface area contributed by atoms with Crippen LogP contribution in [0.5, 0.6) is 5.75 Å². The Morgan fingerprint density at radius 2 is 2.25 bits per heavy atom. The summed E-state index contributed by atoms with van der Waals surface area (Å²) in [6, 6.07) is 4.36. The first-order valence-corrected chi connectivity index (χ1v) is 8.45. The summed E-state index contributed by atoms with van der Waals surface area (Å²) >= 11 is 6.58. The van der Waals surface area contributed by atoms with E-state index in [1.165, 1.54) is 17.0 Å². The molecule has 128 valence electrons. The van der Waals surface area contributed by atoms with Gasteiger partial charge in [0.25, 0.3) is 5.24 Å². The van der Waals surface area contributed by atoms with E-state index in [0.29, 0.717) is 17.3 Å². The van der Waals surface area contributed by atoms with Crippen molar-refractivity contribution in [2.45, 2.75) is 6.92 Å². The monoisotopic (exact) mass is 368 g/mol. The van der Waals surface area contributed by atoms with Crippen molar-refractivity contribution in [3.05, 3.63) is 40.5 Å². The number of hydrogen-bond acceptors (Lipinski definition) is 5. The van der Waals surface area contributed by atoms with Gasteiger partial charge in [0.15, 0.2) is 5.75 Å². The van der Waals surface area contributed by atoms with Crippen LogP contribution in [0.4, 0.5) is 16.2 Å². The van der Waals surface area contributed by atoms with Gasteiger partial charge < -0.3 is 9.64 Å². The Morgan fingerprint density at radius 3 is 2.88 bits per heavy atom. The van der Waals surface area contributed by atoms with Crippen LogP contribution in [0.2, 0.25) is 0 Å². The number of carbonyl (C=O) groups excluding carboxylic acids is 1. The lowest BCUT2D eigenvalue weighted by Crippen LogP contribution is -2.22. The van der Waals surface area contributed by atoms with Crippen LogP contribution in [0.3, 0.4) is 0 Å². The highest BCUT2D eigenvalue weighted by Gasteiger charge is 2.19. The predicted octanol–water partition coefficient (Wildman–Crippen LogP) is 4.08. The zero-order valence-electron chi connectivity index (χ0n) is 13.3. The Kier molecular flexibility index (Phi) is 8.76. The van der Waals surface area contributed by atoms with Gasteiger partial charge in [-0.2, -0.15) is 0 Å². The number of halogens is 1. The number of anilines is 1. The minimum absolute atomic E-state index is 0.0637. The van der Waals surface area contributed by atoms with Crippen molar-refractivity contribution >= 4 is 40.0 Å². The first kappa shape index (κ1) is 19.9. The number of carbonyl (C=O) groups is 1. The first-order valence-electron chi connectivity index (χ1n) is 6.93. The maximum Gasteiger partial charge on any atom is 0.313 e. The van der Waals surface area contributed by atoms with Gasteiger partial charge in [-0.05, 0) is 19.1 Å². The normalized spacial score (nSPS) is 10.1. The van der Waals surface area contributed by atoms with E-state index in [1.54, 1.807) is 32.2 Å². The van der Waals surface area contributed by atoms with Gasteiger partial charge in [-0.15, -0.1) is 17.5 Å². The Morgan fingerprint density at radius 1 is 1.50 bits per heavy atom. The molecule has 0 spiro atoms. The molecule has 0 aliphatic carbocycles. The molecule has 0 aliphatic heterocycles. The standard InChI is InChI=1S/C16H17ClN2O4S/c1-3-4-10-23-15-8-7-13(12-14(15)19(21)22)18(2)16(20)24-11-6-5-9-17/h5-8,12H,9-11H2,1-2H3. The van der Waals surface area contributed by atoms with E-state index in [2.05, 4.69) is 11.8 Å². The SMILES string of the molecule is CC#CCOc1ccc(N(C)C(=O)SCC=CCCl)cc1[N+](=O)[O-]. The average molecular weight is 369 g/mol. The van der Waals surface area contributed by atoms with Gasteiger partial charge in [-0.3, -0.25) is 14.9 Å². The summed E-state index contributed by atoms with van der Waals surface area (Å²) in [5.41, 5.74) is 0.200. The van der Waals surface area contributed by atoms with Crippen LogP contribution in [0.25, 0.3) is 0 Å². The number of alkyl halides is 1. The molecule has 0 saturated carbocycles. The third-order valence-electron chi connectivity index (χ3n) is 2.84. The van der Waals surface area contributed by atoms with E-state index in [-0.39, 0.29) is 23.3 Å². The third-order valence-corrected chi connectivity index (χ3v) is 3.89.